The van der Waals surface area contributed by atoms with Crippen molar-refractivity contribution in [1.82, 2.24) is 14.7 Å². The predicted octanol–water partition coefficient (Wildman–Crippen LogP) is 6.99. The van der Waals surface area contributed by atoms with Crippen molar-refractivity contribution in [3.05, 3.63) is 118 Å². The molecular weight excluding hydrogens is 524 g/mol. The van der Waals surface area contributed by atoms with Gasteiger partial charge in [-0.25, -0.2) is 4.68 Å². The number of benzene rings is 3. The van der Waals surface area contributed by atoms with Crippen molar-refractivity contribution in [3.63, 3.8) is 0 Å². The van der Waals surface area contributed by atoms with E-state index in [1.807, 2.05) is 98.1 Å². The van der Waals surface area contributed by atoms with Crippen molar-refractivity contribution in [3.8, 4) is 28.8 Å². The van der Waals surface area contributed by atoms with Gasteiger partial charge in [-0.2, -0.15) is 10.4 Å². The minimum Gasteiger partial charge on any atom is -0.493 e. The summed E-state index contributed by atoms with van der Waals surface area (Å²) < 4.78 is 7.65. The third kappa shape index (κ3) is 5.39. The Balaban J connectivity index is 1.66. The van der Waals surface area contributed by atoms with Crippen molar-refractivity contribution < 1.29 is 14.3 Å². The lowest BCUT2D eigenvalue weighted by molar-refractivity contribution is -0.143. The number of imide groups is 1. The molecule has 0 radical (unpaired) electrons. The number of aromatic nitrogens is 2. The van der Waals surface area contributed by atoms with E-state index in [1.54, 1.807) is 24.6 Å². The fraction of sp³-hybridized carbons (Fsp3) is 0.200. The first-order valence-corrected chi connectivity index (χ1v) is 14.0. The summed E-state index contributed by atoms with van der Waals surface area (Å²) in [7, 11) is 0. The molecule has 0 saturated carbocycles. The molecule has 1 atom stereocenters. The third-order valence-corrected chi connectivity index (χ3v) is 7.42. The SMILES string of the molecule is CCCOc1ccc(-c2nn(-c3ccccc3)cc2/C=C2/C(=O)N(C(C)c3ccccc3)C(=O)C(C#N)=C2C)cc1C. The average molecular weight is 557 g/mol. The zero-order valence-corrected chi connectivity index (χ0v) is 24.2. The fourth-order valence-electron chi connectivity index (χ4n) is 5.09. The highest BCUT2D eigenvalue weighted by Crippen LogP contribution is 2.35. The Kier molecular flexibility index (Phi) is 8.16. The van der Waals surface area contributed by atoms with Crippen LogP contribution in [0.1, 0.15) is 49.9 Å². The number of aryl methyl sites for hydroxylation is 1. The smallest absolute Gasteiger partial charge is 0.272 e. The van der Waals surface area contributed by atoms with E-state index in [4.69, 9.17) is 9.84 Å². The van der Waals surface area contributed by atoms with E-state index in [9.17, 15) is 14.9 Å². The van der Waals surface area contributed by atoms with E-state index < -0.39 is 17.9 Å². The lowest BCUT2D eigenvalue weighted by Crippen LogP contribution is -2.44. The Labute approximate surface area is 246 Å². The molecule has 1 unspecified atom stereocenters. The molecule has 0 saturated heterocycles. The first kappa shape index (κ1) is 28.3. The molecule has 1 aromatic heterocycles. The van der Waals surface area contributed by atoms with Crippen LogP contribution in [0.2, 0.25) is 0 Å². The van der Waals surface area contributed by atoms with Crippen LogP contribution in [0.5, 0.6) is 5.75 Å². The molecule has 5 rings (SSSR count). The molecule has 7 heteroatoms. The molecule has 210 valence electrons. The third-order valence-electron chi connectivity index (χ3n) is 7.42. The van der Waals surface area contributed by atoms with Crippen LogP contribution in [0.25, 0.3) is 23.0 Å². The van der Waals surface area contributed by atoms with E-state index >= 15 is 0 Å². The van der Waals surface area contributed by atoms with Gasteiger partial charge in [-0.3, -0.25) is 14.5 Å². The monoisotopic (exact) mass is 556 g/mol. The number of carbonyl (C=O) groups is 2. The fourth-order valence-corrected chi connectivity index (χ4v) is 5.09. The van der Waals surface area contributed by atoms with Gasteiger partial charge in [-0.15, -0.1) is 0 Å². The number of hydrogen-bond donors (Lipinski definition) is 0. The number of amides is 2. The second-order valence-corrected chi connectivity index (χ2v) is 10.3. The van der Waals surface area contributed by atoms with Crippen LogP contribution in [0, 0.1) is 18.3 Å². The molecule has 0 N–H and O–H groups in total. The van der Waals surface area contributed by atoms with Crippen molar-refractivity contribution >= 4 is 17.9 Å². The number of hydrogen-bond acceptors (Lipinski definition) is 5. The summed E-state index contributed by atoms with van der Waals surface area (Å²) >= 11 is 0. The number of rotatable bonds is 8. The molecule has 3 aromatic carbocycles. The number of nitriles is 1. The molecular formula is C35H32N4O3. The Morgan fingerprint density at radius 1 is 0.976 bits per heavy atom. The molecule has 1 aliphatic heterocycles. The molecule has 2 amide bonds. The molecule has 7 nitrogen and oxygen atoms in total. The maximum absolute atomic E-state index is 14.0. The molecule has 0 bridgehead atoms. The Bertz CT molecular complexity index is 1740. The molecule has 0 spiro atoms. The van der Waals surface area contributed by atoms with E-state index in [0.717, 1.165) is 34.5 Å². The maximum Gasteiger partial charge on any atom is 0.272 e. The van der Waals surface area contributed by atoms with Crippen LogP contribution in [-0.2, 0) is 9.59 Å². The van der Waals surface area contributed by atoms with Gasteiger partial charge < -0.3 is 4.74 Å². The van der Waals surface area contributed by atoms with E-state index in [1.165, 1.54) is 4.90 Å². The van der Waals surface area contributed by atoms with Crippen LogP contribution >= 0.6 is 0 Å². The van der Waals surface area contributed by atoms with E-state index in [-0.39, 0.29) is 11.1 Å². The summed E-state index contributed by atoms with van der Waals surface area (Å²) in [5.74, 6) is -0.232. The van der Waals surface area contributed by atoms with E-state index in [0.29, 0.717) is 23.4 Å². The van der Waals surface area contributed by atoms with Gasteiger partial charge >= 0.3 is 0 Å². The van der Waals surface area contributed by atoms with Crippen LogP contribution in [-0.4, -0.2) is 33.1 Å². The van der Waals surface area contributed by atoms with Gasteiger partial charge in [0.15, 0.2) is 0 Å². The van der Waals surface area contributed by atoms with Gasteiger partial charge in [0.1, 0.15) is 17.4 Å². The quantitative estimate of drug-likeness (QED) is 0.172. The number of nitrogens with zero attached hydrogens (tertiary/aromatic N) is 4. The lowest BCUT2D eigenvalue weighted by atomic mass is 9.91. The molecule has 2 heterocycles. The van der Waals surface area contributed by atoms with Crippen molar-refractivity contribution in [2.45, 2.75) is 40.2 Å². The zero-order valence-electron chi connectivity index (χ0n) is 24.2. The topological polar surface area (TPSA) is 88.2 Å². The second kappa shape index (κ2) is 12.1. The molecule has 0 aliphatic carbocycles. The summed E-state index contributed by atoms with van der Waals surface area (Å²) in [6, 6.07) is 26.4. The minimum atomic E-state index is -0.591. The average Bonchev–Trinajstić information content (AvgIpc) is 3.43. The van der Waals surface area contributed by atoms with Crippen LogP contribution < -0.4 is 4.74 Å². The van der Waals surface area contributed by atoms with Crippen molar-refractivity contribution in [2.75, 3.05) is 6.61 Å². The Hall–Kier alpha value is -5.22. The first-order valence-electron chi connectivity index (χ1n) is 14.0. The van der Waals surface area contributed by atoms with Gasteiger partial charge in [-0.05, 0) is 80.3 Å². The van der Waals surface area contributed by atoms with Crippen LogP contribution in [0.4, 0.5) is 0 Å². The standard InChI is InChI=1S/C35H32N4O3/c1-5-18-42-32-17-16-27(19-23(32)2)33-28(22-38(37-33)29-14-10-7-11-15-29)20-30-24(3)31(21-36)35(41)39(34(30)40)25(4)26-12-8-6-9-13-26/h6-17,19-20,22,25H,5,18H2,1-4H3/b30-20+. The van der Waals surface area contributed by atoms with Gasteiger partial charge in [0.2, 0.25) is 0 Å². The molecule has 42 heavy (non-hydrogen) atoms. The lowest BCUT2D eigenvalue weighted by Gasteiger charge is -2.32. The van der Waals surface area contributed by atoms with Crippen LogP contribution in [0.3, 0.4) is 0 Å². The second-order valence-electron chi connectivity index (χ2n) is 10.3. The normalized spacial score (nSPS) is 15.2. The summed E-state index contributed by atoms with van der Waals surface area (Å²) in [5.41, 5.74) is 5.41. The highest BCUT2D eigenvalue weighted by Gasteiger charge is 2.39. The summed E-state index contributed by atoms with van der Waals surface area (Å²) in [4.78, 5) is 28.6. The van der Waals surface area contributed by atoms with E-state index in [2.05, 4.69) is 6.92 Å². The highest BCUT2D eigenvalue weighted by molar-refractivity contribution is 6.20. The Morgan fingerprint density at radius 2 is 1.67 bits per heavy atom. The first-order chi connectivity index (χ1) is 20.3. The number of para-hydroxylation sites is 1. The predicted molar refractivity (Wildman–Crippen MR) is 163 cm³/mol. The van der Waals surface area contributed by atoms with Crippen molar-refractivity contribution in [1.29, 1.82) is 5.26 Å². The largest absolute Gasteiger partial charge is 0.493 e. The number of ether oxygens (including phenoxy) is 1. The summed E-state index contributed by atoms with van der Waals surface area (Å²) in [6.07, 6.45) is 4.52. The zero-order chi connectivity index (χ0) is 29.8. The molecule has 4 aromatic rings. The number of carbonyl (C=O) groups excluding carboxylic acids is 2. The van der Waals surface area contributed by atoms with Gasteiger partial charge in [0.25, 0.3) is 11.8 Å². The van der Waals surface area contributed by atoms with Crippen molar-refractivity contribution in [2.24, 2.45) is 0 Å². The van der Waals surface area contributed by atoms with Gasteiger partial charge in [-0.1, -0.05) is 55.5 Å². The highest BCUT2D eigenvalue weighted by atomic mass is 16.5. The molecule has 1 aliphatic rings. The molecule has 0 fully saturated rings. The maximum atomic E-state index is 14.0. The Morgan fingerprint density at radius 3 is 2.31 bits per heavy atom. The summed E-state index contributed by atoms with van der Waals surface area (Å²) in [5, 5.41) is 14.9. The summed E-state index contributed by atoms with van der Waals surface area (Å²) in [6.45, 7) is 8.13. The van der Waals surface area contributed by atoms with Gasteiger partial charge in [0.05, 0.1) is 24.0 Å². The minimum absolute atomic E-state index is 0.0473. The van der Waals surface area contributed by atoms with Crippen LogP contribution in [0.15, 0.2) is 102 Å². The van der Waals surface area contributed by atoms with Gasteiger partial charge in [0, 0.05) is 22.9 Å².